The molecule has 3 atom stereocenters. The highest BCUT2D eigenvalue weighted by atomic mass is 16.4. The number of amidine groups is 1. The van der Waals surface area contributed by atoms with Crippen molar-refractivity contribution in [1.29, 1.82) is 0 Å². The first-order valence-corrected chi connectivity index (χ1v) is 7.47. The van der Waals surface area contributed by atoms with Gasteiger partial charge in [-0.2, -0.15) is 0 Å². The van der Waals surface area contributed by atoms with Gasteiger partial charge in [-0.05, 0) is 49.1 Å². The third kappa shape index (κ3) is 2.35. The number of anilines is 1. The van der Waals surface area contributed by atoms with Gasteiger partial charge in [-0.25, -0.2) is 0 Å². The normalized spacial score (nSPS) is 28.9. The molecular formula is C16H23N3O. The van der Waals surface area contributed by atoms with Crippen molar-refractivity contribution in [3.05, 3.63) is 29.8 Å². The Balaban J connectivity index is 1.75. The van der Waals surface area contributed by atoms with Crippen molar-refractivity contribution in [1.82, 2.24) is 0 Å². The van der Waals surface area contributed by atoms with Gasteiger partial charge in [0.05, 0.1) is 0 Å². The van der Waals surface area contributed by atoms with E-state index in [-0.39, 0.29) is 5.84 Å². The molecule has 2 aliphatic carbocycles. The van der Waals surface area contributed by atoms with Gasteiger partial charge in [-0.15, -0.1) is 0 Å². The number of nitrogens with zero attached hydrogens (tertiary/aromatic N) is 2. The van der Waals surface area contributed by atoms with Crippen LogP contribution in [0.2, 0.25) is 0 Å². The number of benzene rings is 1. The van der Waals surface area contributed by atoms with Crippen LogP contribution in [0.25, 0.3) is 0 Å². The van der Waals surface area contributed by atoms with E-state index in [1.165, 1.54) is 25.7 Å². The summed E-state index contributed by atoms with van der Waals surface area (Å²) in [5.41, 5.74) is 7.63. The summed E-state index contributed by atoms with van der Waals surface area (Å²) in [6.07, 6.45) is 5.65. The van der Waals surface area contributed by atoms with Gasteiger partial charge in [0.25, 0.3) is 0 Å². The molecule has 4 heteroatoms. The average molecular weight is 273 g/mol. The van der Waals surface area contributed by atoms with E-state index in [0.717, 1.165) is 35.5 Å². The molecule has 0 amide bonds. The Kier molecular flexibility index (Phi) is 3.55. The first-order valence-electron chi connectivity index (χ1n) is 7.47. The van der Waals surface area contributed by atoms with Crippen LogP contribution in [0.4, 0.5) is 5.69 Å². The minimum Gasteiger partial charge on any atom is -0.409 e. The summed E-state index contributed by atoms with van der Waals surface area (Å²) in [4.78, 5) is 2.26. The van der Waals surface area contributed by atoms with Gasteiger partial charge in [-0.3, -0.25) is 0 Å². The molecule has 4 nitrogen and oxygen atoms in total. The number of hydrogen-bond donors (Lipinski definition) is 2. The lowest BCUT2D eigenvalue weighted by Crippen LogP contribution is -2.30. The number of rotatable bonds is 4. The van der Waals surface area contributed by atoms with Crippen molar-refractivity contribution < 1.29 is 5.21 Å². The standard InChI is InChI=1S/C16H23N3O/c1-19(10-13-9-11-6-7-12(13)8-11)15-5-3-2-4-14(15)16(17)18-20/h2-5,11-13,20H,6-10H2,1H3,(H2,17,18). The van der Waals surface area contributed by atoms with Gasteiger partial charge in [-0.1, -0.05) is 23.7 Å². The number of nitrogens with two attached hydrogens (primary N) is 1. The van der Waals surface area contributed by atoms with Gasteiger partial charge >= 0.3 is 0 Å². The van der Waals surface area contributed by atoms with E-state index >= 15 is 0 Å². The predicted molar refractivity (Wildman–Crippen MR) is 81.2 cm³/mol. The Hall–Kier alpha value is -1.71. The minimum absolute atomic E-state index is 0.181. The maximum absolute atomic E-state index is 8.91. The summed E-state index contributed by atoms with van der Waals surface area (Å²) >= 11 is 0. The van der Waals surface area contributed by atoms with Crippen LogP contribution in [0.1, 0.15) is 31.2 Å². The molecule has 3 rings (SSSR count). The molecule has 0 aromatic heterocycles. The van der Waals surface area contributed by atoms with E-state index in [2.05, 4.69) is 17.1 Å². The Labute approximate surface area is 120 Å². The molecule has 0 radical (unpaired) electrons. The highest BCUT2D eigenvalue weighted by Crippen LogP contribution is 2.48. The van der Waals surface area contributed by atoms with Crippen LogP contribution in [-0.4, -0.2) is 24.6 Å². The summed E-state index contributed by atoms with van der Waals surface area (Å²) in [5, 5.41) is 12.0. The summed E-state index contributed by atoms with van der Waals surface area (Å²) in [6, 6.07) is 7.87. The predicted octanol–water partition coefficient (Wildman–Crippen LogP) is 2.65. The van der Waals surface area contributed by atoms with E-state index < -0.39 is 0 Å². The molecule has 0 aliphatic heterocycles. The highest BCUT2D eigenvalue weighted by Gasteiger charge is 2.39. The molecule has 2 saturated carbocycles. The van der Waals surface area contributed by atoms with Gasteiger partial charge in [0.2, 0.25) is 0 Å². The molecule has 3 N–H and O–H groups in total. The van der Waals surface area contributed by atoms with Crippen molar-refractivity contribution in [2.75, 3.05) is 18.5 Å². The van der Waals surface area contributed by atoms with Crippen LogP contribution < -0.4 is 10.6 Å². The molecule has 1 aromatic rings. The largest absolute Gasteiger partial charge is 0.409 e. The molecule has 3 unspecified atom stereocenters. The second-order valence-corrected chi connectivity index (χ2v) is 6.32. The van der Waals surface area contributed by atoms with Crippen molar-refractivity contribution in [3.63, 3.8) is 0 Å². The lowest BCUT2D eigenvalue weighted by Gasteiger charge is -2.29. The smallest absolute Gasteiger partial charge is 0.172 e. The third-order valence-electron chi connectivity index (χ3n) is 5.09. The molecule has 2 bridgehead atoms. The maximum atomic E-state index is 8.91. The fourth-order valence-electron chi connectivity index (χ4n) is 4.13. The van der Waals surface area contributed by atoms with Crippen molar-refractivity contribution in [2.45, 2.75) is 25.7 Å². The molecule has 2 aliphatic rings. The number of hydrogen-bond acceptors (Lipinski definition) is 3. The molecule has 0 spiro atoms. The SMILES string of the molecule is CN(CC1CC2CCC1C2)c1ccccc1C(N)=NO. The average Bonchev–Trinajstić information content (AvgIpc) is 3.09. The van der Waals surface area contributed by atoms with Crippen LogP contribution in [-0.2, 0) is 0 Å². The van der Waals surface area contributed by atoms with Crippen LogP contribution in [0.15, 0.2) is 29.4 Å². The summed E-state index contributed by atoms with van der Waals surface area (Å²) < 4.78 is 0. The molecule has 20 heavy (non-hydrogen) atoms. The lowest BCUT2D eigenvalue weighted by molar-refractivity contribution is 0.318. The zero-order valence-electron chi connectivity index (χ0n) is 12.0. The van der Waals surface area contributed by atoms with Gasteiger partial charge in [0.1, 0.15) is 0 Å². The Bertz CT molecular complexity index is 514. The Morgan fingerprint density at radius 2 is 2.15 bits per heavy atom. The molecule has 108 valence electrons. The Morgan fingerprint density at radius 3 is 2.80 bits per heavy atom. The van der Waals surface area contributed by atoms with Crippen LogP contribution in [0, 0.1) is 17.8 Å². The van der Waals surface area contributed by atoms with E-state index in [0.29, 0.717) is 0 Å². The van der Waals surface area contributed by atoms with Gasteiger partial charge < -0.3 is 15.8 Å². The van der Waals surface area contributed by atoms with Crippen molar-refractivity contribution in [3.8, 4) is 0 Å². The molecule has 0 heterocycles. The van der Waals surface area contributed by atoms with E-state index in [1.807, 2.05) is 24.3 Å². The van der Waals surface area contributed by atoms with Crippen LogP contribution in [0.3, 0.4) is 0 Å². The monoisotopic (exact) mass is 273 g/mol. The summed E-state index contributed by atoms with van der Waals surface area (Å²) in [7, 11) is 2.11. The zero-order chi connectivity index (χ0) is 14.1. The van der Waals surface area contributed by atoms with Crippen molar-refractivity contribution in [2.24, 2.45) is 28.6 Å². The van der Waals surface area contributed by atoms with E-state index in [1.54, 1.807) is 0 Å². The summed E-state index contributed by atoms with van der Waals surface area (Å²) in [5.74, 6) is 2.87. The van der Waals surface area contributed by atoms with E-state index in [4.69, 9.17) is 10.9 Å². The molecule has 0 saturated heterocycles. The fourth-order valence-corrected chi connectivity index (χ4v) is 4.13. The minimum atomic E-state index is 0.181. The van der Waals surface area contributed by atoms with Crippen LogP contribution in [0.5, 0.6) is 0 Å². The van der Waals surface area contributed by atoms with Crippen LogP contribution >= 0.6 is 0 Å². The molecular weight excluding hydrogens is 250 g/mol. The first-order chi connectivity index (χ1) is 9.69. The quantitative estimate of drug-likeness (QED) is 0.384. The van der Waals surface area contributed by atoms with Crippen molar-refractivity contribution >= 4 is 11.5 Å². The first kappa shape index (κ1) is 13.3. The van der Waals surface area contributed by atoms with Gasteiger partial charge in [0.15, 0.2) is 5.84 Å². The Morgan fingerprint density at radius 1 is 1.35 bits per heavy atom. The fraction of sp³-hybridized carbons (Fsp3) is 0.562. The second-order valence-electron chi connectivity index (χ2n) is 6.32. The lowest BCUT2D eigenvalue weighted by atomic mass is 9.88. The van der Waals surface area contributed by atoms with Gasteiger partial charge in [0, 0.05) is 24.8 Å². The topological polar surface area (TPSA) is 61.8 Å². The number of fused-ring (bicyclic) bond motifs is 2. The highest BCUT2D eigenvalue weighted by molar-refractivity contribution is 6.02. The zero-order valence-corrected chi connectivity index (χ0v) is 12.0. The molecule has 1 aromatic carbocycles. The molecule has 2 fully saturated rings. The second kappa shape index (κ2) is 5.35. The number of oxime groups is 1. The third-order valence-corrected chi connectivity index (χ3v) is 5.09. The number of para-hydroxylation sites is 1. The summed E-state index contributed by atoms with van der Waals surface area (Å²) in [6.45, 7) is 1.07. The maximum Gasteiger partial charge on any atom is 0.172 e. The van der Waals surface area contributed by atoms with E-state index in [9.17, 15) is 0 Å².